The lowest BCUT2D eigenvalue weighted by Gasteiger charge is -2.11. The lowest BCUT2D eigenvalue weighted by Crippen LogP contribution is -1.94. The quantitative estimate of drug-likeness (QED) is 0.833. The molecule has 3 nitrogen and oxygen atoms in total. The van der Waals surface area contributed by atoms with Gasteiger partial charge in [0.1, 0.15) is 17.2 Å². The number of hydrogen-bond acceptors (Lipinski definition) is 3. The minimum atomic E-state index is 0.137. The SMILES string of the molecule is COc1cc(O)cc(OC)c1CBr. The fourth-order valence-corrected chi connectivity index (χ4v) is 1.65. The monoisotopic (exact) mass is 246 g/mol. The van der Waals surface area contributed by atoms with Gasteiger partial charge in [0.15, 0.2) is 0 Å². The number of rotatable bonds is 3. The molecule has 0 amide bonds. The number of aromatic hydroxyl groups is 1. The molecular formula is C9H11BrO3. The van der Waals surface area contributed by atoms with Crippen molar-refractivity contribution >= 4 is 15.9 Å². The van der Waals surface area contributed by atoms with Crippen LogP contribution in [0.5, 0.6) is 17.2 Å². The van der Waals surface area contributed by atoms with E-state index in [2.05, 4.69) is 15.9 Å². The van der Waals surface area contributed by atoms with Crippen molar-refractivity contribution in [2.24, 2.45) is 0 Å². The molecule has 0 bridgehead atoms. The standard InChI is InChI=1S/C9H11BrO3/c1-12-8-3-6(11)4-9(13-2)7(8)5-10/h3-4,11H,5H2,1-2H3. The minimum Gasteiger partial charge on any atom is -0.508 e. The maximum absolute atomic E-state index is 9.30. The first-order chi connectivity index (χ1) is 6.22. The van der Waals surface area contributed by atoms with Gasteiger partial charge in [-0.3, -0.25) is 0 Å². The molecule has 0 radical (unpaired) electrons. The van der Waals surface area contributed by atoms with Crippen molar-refractivity contribution in [1.29, 1.82) is 0 Å². The molecule has 0 aliphatic carbocycles. The maximum atomic E-state index is 9.30. The summed E-state index contributed by atoms with van der Waals surface area (Å²) in [6, 6.07) is 3.11. The zero-order valence-corrected chi connectivity index (χ0v) is 9.09. The summed E-state index contributed by atoms with van der Waals surface area (Å²) in [6.07, 6.45) is 0. The van der Waals surface area contributed by atoms with Gasteiger partial charge in [-0.25, -0.2) is 0 Å². The third-order valence-corrected chi connectivity index (χ3v) is 2.29. The molecule has 1 rings (SSSR count). The Balaban J connectivity index is 3.25. The molecule has 0 aliphatic heterocycles. The van der Waals surface area contributed by atoms with Crippen LogP contribution in [0.25, 0.3) is 0 Å². The normalized spacial score (nSPS) is 9.77. The first kappa shape index (κ1) is 10.2. The van der Waals surface area contributed by atoms with Crippen molar-refractivity contribution in [2.75, 3.05) is 14.2 Å². The highest BCUT2D eigenvalue weighted by Gasteiger charge is 2.10. The number of ether oxygens (including phenoxy) is 2. The Kier molecular flexibility index (Phi) is 3.42. The van der Waals surface area contributed by atoms with E-state index in [9.17, 15) is 5.11 Å². The Hall–Kier alpha value is -0.900. The number of methoxy groups -OCH3 is 2. The van der Waals surface area contributed by atoms with Gasteiger partial charge in [0.05, 0.1) is 14.2 Å². The van der Waals surface area contributed by atoms with Crippen LogP contribution in [0.1, 0.15) is 5.56 Å². The van der Waals surface area contributed by atoms with Gasteiger partial charge in [-0.1, -0.05) is 15.9 Å². The minimum absolute atomic E-state index is 0.137. The van der Waals surface area contributed by atoms with Gasteiger partial charge in [0.25, 0.3) is 0 Å². The average Bonchev–Trinajstić information content (AvgIpc) is 2.16. The molecule has 72 valence electrons. The van der Waals surface area contributed by atoms with Crippen LogP contribution in [0, 0.1) is 0 Å². The van der Waals surface area contributed by atoms with Crippen LogP contribution in [0.3, 0.4) is 0 Å². The van der Waals surface area contributed by atoms with E-state index in [4.69, 9.17) is 9.47 Å². The summed E-state index contributed by atoms with van der Waals surface area (Å²) in [5.74, 6) is 1.38. The Bertz CT molecular complexity index is 274. The number of alkyl halides is 1. The fourth-order valence-electron chi connectivity index (χ4n) is 1.10. The van der Waals surface area contributed by atoms with Gasteiger partial charge >= 0.3 is 0 Å². The van der Waals surface area contributed by atoms with Gasteiger partial charge < -0.3 is 14.6 Å². The van der Waals surface area contributed by atoms with Crippen molar-refractivity contribution < 1.29 is 14.6 Å². The summed E-state index contributed by atoms with van der Waals surface area (Å²) in [4.78, 5) is 0. The summed E-state index contributed by atoms with van der Waals surface area (Å²) >= 11 is 3.32. The number of phenolic OH excluding ortho intramolecular Hbond substituents is 1. The van der Waals surface area contributed by atoms with Gasteiger partial charge in [-0.2, -0.15) is 0 Å². The van der Waals surface area contributed by atoms with Gasteiger partial charge in [0, 0.05) is 23.0 Å². The lowest BCUT2D eigenvalue weighted by atomic mass is 10.2. The zero-order valence-electron chi connectivity index (χ0n) is 7.50. The van der Waals surface area contributed by atoms with Crippen molar-refractivity contribution in [3.8, 4) is 17.2 Å². The summed E-state index contributed by atoms with van der Waals surface area (Å²) in [7, 11) is 3.11. The molecule has 1 aromatic rings. The molecule has 13 heavy (non-hydrogen) atoms. The average molecular weight is 247 g/mol. The Labute approximate surface area is 85.4 Å². The Morgan fingerprint density at radius 2 is 1.69 bits per heavy atom. The van der Waals surface area contributed by atoms with Gasteiger partial charge in [-0.05, 0) is 0 Å². The second-order valence-corrected chi connectivity index (χ2v) is 3.02. The van der Waals surface area contributed by atoms with Crippen molar-refractivity contribution in [3.05, 3.63) is 17.7 Å². The lowest BCUT2D eigenvalue weighted by molar-refractivity contribution is 0.379. The molecule has 1 aromatic carbocycles. The van der Waals surface area contributed by atoms with E-state index in [0.29, 0.717) is 16.8 Å². The van der Waals surface area contributed by atoms with Crippen LogP contribution in [-0.4, -0.2) is 19.3 Å². The van der Waals surface area contributed by atoms with Crippen LogP contribution in [0.2, 0.25) is 0 Å². The number of halogens is 1. The first-order valence-electron chi connectivity index (χ1n) is 3.72. The summed E-state index contributed by atoms with van der Waals surface area (Å²) in [6.45, 7) is 0. The van der Waals surface area contributed by atoms with E-state index in [1.165, 1.54) is 0 Å². The predicted octanol–water partition coefficient (Wildman–Crippen LogP) is 2.30. The van der Waals surface area contributed by atoms with E-state index in [1.807, 2.05) is 0 Å². The largest absolute Gasteiger partial charge is 0.508 e. The van der Waals surface area contributed by atoms with E-state index in [0.717, 1.165) is 5.56 Å². The molecule has 0 aromatic heterocycles. The molecule has 0 spiro atoms. The molecule has 0 fully saturated rings. The van der Waals surface area contributed by atoms with Gasteiger partial charge in [0.2, 0.25) is 0 Å². The van der Waals surface area contributed by atoms with Gasteiger partial charge in [-0.15, -0.1) is 0 Å². The van der Waals surface area contributed by atoms with E-state index in [-0.39, 0.29) is 5.75 Å². The summed E-state index contributed by atoms with van der Waals surface area (Å²) in [5.41, 5.74) is 0.891. The highest BCUT2D eigenvalue weighted by Crippen LogP contribution is 2.34. The number of benzene rings is 1. The van der Waals surface area contributed by atoms with Crippen molar-refractivity contribution in [2.45, 2.75) is 5.33 Å². The second-order valence-electron chi connectivity index (χ2n) is 2.46. The molecule has 0 aliphatic rings. The molecule has 0 atom stereocenters. The molecule has 0 unspecified atom stereocenters. The topological polar surface area (TPSA) is 38.7 Å². The highest BCUT2D eigenvalue weighted by atomic mass is 79.9. The fraction of sp³-hybridized carbons (Fsp3) is 0.333. The Morgan fingerprint density at radius 1 is 1.23 bits per heavy atom. The number of phenols is 1. The molecule has 0 saturated heterocycles. The molecule has 1 N–H and O–H groups in total. The molecule has 0 saturated carbocycles. The van der Waals surface area contributed by atoms with Crippen LogP contribution in [-0.2, 0) is 5.33 Å². The van der Waals surface area contributed by atoms with Crippen molar-refractivity contribution in [1.82, 2.24) is 0 Å². The number of hydrogen-bond donors (Lipinski definition) is 1. The smallest absolute Gasteiger partial charge is 0.130 e. The third kappa shape index (κ3) is 2.06. The predicted molar refractivity (Wildman–Crippen MR) is 53.8 cm³/mol. The zero-order chi connectivity index (χ0) is 9.84. The first-order valence-corrected chi connectivity index (χ1v) is 4.85. The second kappa shape index (κ2) is 4.37. The molecular weight excluding hydrogens is 236 g/mol. The third-order valence-electron chi connectivity index (χ3n) is 1.73. The van der Waals surface area contributed by atoms with E-state index < -0.39 is 0 Å². The van der Waals surface area contributed by atoms with Crippen LogP contribution < -0.4 is 9.47 Å². The van der Waals surface area contributed by atoms with Crippen molar-refractivity contribution in [3.63, 3.8) is 0 Å². The Morgan fingerprint density at radius 3 is 2.00 bits per heavy atom. The highest BCUT2D eigenvalue weighted by molar-refractivity contribution is 9.08. The van der Waals surface area contributed by atoms with Crippen LogP contribution >= 0.6 is 15.9 Å². The molecule has 4 heteroatoms. The van der Waals surface area contributed by atoms with Crippen LogP contribution in [0.15, 0.2) is 12.1 Å². The molecule has 0 heterocycles. The van der Waals surface area contributed by atoms with E-state index in [1.54, 1.807) is 26.4 Å². The van der Waals surface area contributed by atoms with Crippen LogP contribution in [0.4, 0.5) is 0 Å². The maximum Gasteiger partial charge on any atom is 0.130 e. The summed E-state index contributed by atoms with van der Waals surface area (Å²) < 4.78 is 10.2. The van der Waals surface area contributed by atoms with E-state index >= 15 is 0 Å². The summed E-state index contributed by atoms with van der Waals surface area (Å²) in [5, 5.41) is 9.93.